The van der Waals surface area contributed by atoms with E-state index in [2.05, 4.69) is 0 Å². The first-order valence-electron chi connectivity index (χ1n) is 13.5. The predicted molar refractivity (Wildman–Crippen MR) is 151 cm³/mol. The molecule has 1 aromatic heterocycles. The fourth-order valence-corrected chi connectivity index (χ4v) is 4.67. The van der Waals surface area contributed by atoms with E-state index in [4.69, 9.17) is 9.47 Å². The molecule has 0 aliphatic rings. The Balaban J connectivity index is 1.42. The van der Waals surface area contributed by atoms with E-state index in [1.165, 1.54) is 24.3 Å². The molecular weight excluding hydrogens is 512 g/mol. The Labute approximate surface area is 233 Å². The van der Waals surface area contributed by atoms with Gasteiger partial charge in [-0.1, -0.05) is 42.5 Å². The zero-order valence-corrected chi connectivity index (χ0v) is 22.5. The summed E-state index contributed by atoms with van der Waals surface area (Å²) >= 11 is 0. The molecule has 208 valence electrons. The predicted octanol–water partition coefficient (Wildman–Crippen LogP) is 6.66. The molecule has 0 saturated carbocycles. The largest absolute Gasteiger partial charge is 0.494 e. The van der Waals surface area contributed by atoms with Crippen molar-refractivity contribution in [2.24, 2.45) is 0 Å². The van der Waals surface area contributed by atoms with Crippen molar-refractivity contribution in [2.45, 2.75) is 45.1 Å². The number of esters is 1. The molecule has 0 saturated heterocycles. The average molecular weight is 546 g/mol. The fourth-order valence-electron chi connectivity index (χ4n) is 4.67. The van der Waals surface area contributed by atoms with Gasteiger partial charge in [0.25, 0.3) is 5.56 Å². The van der Waals surface area contributed by atoms with E-state index in [-0.39, 0.29) is 29.1 Å². The number of benzene rings is 3. The van der Waals surface area contributed by atoms with Crippen molar-refractivity contribution in [2.75, 3.05) is 13.2 Å². The standard InChI is InChI=1S/C33H33F2NO4/c1-2-39-32(38)9-5-21-40-30-8-3-6-24(22-30)7-4-20-36-23-27(14-19-31(36)37)33(25-10-15-28(34)16-11-25)26-12-17-29(35)18-13-26/h3,6,8,10-19,22-23,33H,2,4-5,7,9,20-21H2,1H3. The van der Waals surface area contributed by atoms with Crippen LogP contribution in [0.25, 0.3) is 0 Å². The van der Waals surface area contributed by atoms with Crippen LogP contribution in [0, 0.1) is 11.6 Å². The van der Waals surface area contributed by atoms with Crippen LogP contribution in [0.1, 0.15) is 54.4 Å². The Kier molecular flexibility index (Phi) is 10.2. The van der Waals surface area contributed by atoms with Gasteiger partial charge in [0, 0.05) is 31.1 Å². The SMILES string of the molecule is CCOC(=O)CCCOc1cccc(CCCn2cc(C(c3ccc(F)cc3)c3ccc(F)cc3)ccc2=O)c1. The number of aromatic nitrogens is 1. The number of halogens is 2. The molecule has 0 fully saturated rings. The minimum atomic E-state index is -0.335. The molecule has 7 heteroatoms. The Morgan fingerprint density at radius 2 is 1.50 bits per heavy atom. The van der Waals surface area contributed by atoms with Crippen LogP contribution in [-0.4, -0.2) is 23.8 Å². The van der Waals surface area contributed by atoms with Crippen LogP contribution >= 0.6 is 0 Å². The van der Waals surface area contributed by atoms with Crippen LogP contribution < -0.4 is 10.3 Å². The summed E-state index contributed by atoms with van der Waals surface area (Å²) in [4.78, 5) is 24.2. The van der Waals surface area contributed by atoms with Gasteiger partial charge in [-0.2, -0.15) is 0 Å². The molecule has 0 aliphatic carbocycles. The first kappa shape index (κ1) is 28.7. The normalized spacial score (nSPS) is 11.0. The lowest BCUT2D eigenvalue weighted by atomic mass is 9.86. The van der Waals surface area contributed by atoms with Crippen molar-refractivity contribution in [3.63, 3.8) is 0 Å². The van der Waals surface area contributed by atoms with E-state index in [1.807, 2.05) is 30.5 Å². The summed E-state index contributed by atoms with van der Waals surface area (Å²) in [6.45, 7) is 3.09. The summed E-state index contributed by atoms with van der Waals surface area (Å²) in [5.41, 5.74) is 3.52. The van der Waals surface area contributed by atoms with E-state index in [9.17, 15) is 18.4 Å². The van der Waals surface area contributed by atoms with Gasteiger partial charge in [-0.3, -0.25) is 9.59 Å². The minimum Gasteiger partial charge on any atom is -0.494 e. The molecule has 0 bridgehead atoms. The maximum absolute atomic E-state index is 13.6. The van der Waals surface area contributed by atoms with Gasteiger partial charge in [0.2, 0.25) is 0 Å². The van der Waals surface area contributed by atoms with Gasteiger partial charge in [-0.15, -0.1) is 0 Å². The highest BCUT2D eigenvalue weighted by atomic mass is 19.1. The van der Waals surface area contributed by atoms with Crippen molar-refractivity contribution in [1.29, 1.82) is 0 Å². The van der Waals surface area contributed by atoms with Crippen LogP contribution in [0.15, 0.2) is 95.9 Å². The zero-order chi connectivity index (χ0) is 28.3. The van der Waals surface area contributed by atoms with Crippen molar-refractivity contribution >= 4 is 5.97 Å². The number of hydrogen-bond donors (Lipinski definition) is 0. The topological polar surface area (TPSA) is 57.5 Å². The van der Waals surface area contributed by atoms with Crippen LogP contribution in [0.5, 0.6) is 5.75 Å². The lowest BCUT2D eigenvalue weighted by Gasteiger charge is -2.20. The second kappa shape index (κ2) is 14.2. The van der Waals surface area contributed by atoms with Crippen molar-refractivity contribution in [1.82, 2.24) is 4.57 Å². The third-order valence-corrected chi connectivity index (χ3v) is 6.61. The minimum absolute atomic E-state index is 0.112. The quantitative estimate of drug-likeness (QED) is 0.139. The van der Waals surface area contributed by atoms with Gasteiger partial charge in [-0.05, 0) is 84.8 Å². The summed E-state index contributed by atoms with van der Waals surface area (Å²) in [6.07, 6.45) is 4.22. The summed E-state index contributed by atoms with van der Waals surface area (Å²) in [7, 11) is 0. The molecule has 0 spiro atoms. The average Bonchev–Trinajstić information content (AvgIpc) is 2.95. The highest BCUT2D eigenvalue weighted by molar-refractivity contribution is 5.69. The third-order valence-electron chi connectivity index (χ3n) is 6.61. The second-order valence-electron chi connectivity index (χ2n) is 9.54. The molecule has 40 heavy (non-hydrogen) atoms. The van der Waals surface area contributed by atoms with Gasteiger partial charge < -0.3 is 14.0 Å². The summed E-state index contributed by atoms with van der Waals surface area (Å²) in [6, 6.07) is 23.6. The molecule has 0 amide bonds. The van der Waals surface area contributed by atoms with E-state index < -0.39 is 0 Å². The number of ether oxygens (including phenoxy) is 2. The van der Waals surface area contributed by atoms with Crippen LogP contribution in [0.2, 0.25) is 0 Å². The van der Waals surface area contributed by atoms with E-state index in [1.54, 1.807) is 47.9 Å². The maximum Gasteiger partial charge on any atom is 0.305 e. The van der Waals surface area contributed by atoms with Crippen molar-refractivity contribution < 1.29 is 23.0 Å². The number of carbonyl (C=O) groups is 1. The first-order valence-corrected chi connectivity index (χ1v) is 13.5. The second-order valence-corrected chi connectivity index (χ2v) is 9.54. The summed E-state index contributed by atoms with van der Waals surface area (Å²) < 4.78 is 39.7. The number of carbonyl (C=O) groups excluding carboxylic acids is 1. The smallest absolute Gasteiger partial charge is 0.305 e. The highest BCUT2D eigenvalue weighted by Crippen LogP contribution is 2.32. The van der Waals surface area contributed by atoms with E-state index in [0.29, 0.717) is 32.6 Å². The molecule has 0 unspecified atom stereocenters. The summed E-state index contributed by atoms with van der Waals surface area (Å²) in [5.74, 6) is -0.441. The Morgan fingerprint density at radius 3 is 2.15 bits per heavy atom. The zero-order valence-electron chi connectivity index (χ0n) is 22.5. The highest BCUT2D eigenvalue weighted by Gasteiger charge is 2.18. The molecule has 0 radical (unpaired) electrons. The fraction of sp³-hybridized carbons (Fsp3) is 0.273. The van der Waals surface area contributed by atoms with Crippen LogP contribution in [-0.2, 0) is 22.5 Å². The molecule has 1 heterocycles. The molecule has 5 nitrogen and oxygen atoms in total. The van der Waals surface area contributed by atoms with Gasteiger partial charge in [0.15, 0.2) is 0 Å². The lowest BCUT2D eigenvalue weighted by molar-refractivity contribution is -0.143. The van der Waals surface area contributed by atoms with Gasteiger partial charge in [0.05, 0.1) is 13.2 Å². The Hall–Kier alpha value is -4.26. The Morgan fingerprint density at radius 1 is 0.850 bits per heavy atom. The molecule has 0 N–H and O–H groups in total. The number of pyridine rings is 1. The third kappa shape index (κ3) is 8.12. The van der Waals surface area contributed by atoms with E-state index in [0.717, 1.165) is 40.8 Å². The van der Waals surface area contributed by atoms with Crippen LogP contribution in [0.4, 0.5) is 8.78 Å². The van der Waals surface area contributed by atoms with Gasteiger partial charge >= 0.3 is 5.97 Å². The molecule has 4 aromatic rings. The van der Waals surface area contributed by atoms with Gasteiger partial charge in [0.1, 0.15) is 17.4 Å². The van der Waals surface area contributed by atoms with E-state index >= 15 is 0 Å². The molecular formula is C33H33F2NO4. The van der Waals surface area contributed by atoms with Crippen molar-refractivity contribution in [3.8, 4) is 5.75 Å². The maximum atomic E-state index is 13.6. The monoisotopic (exact) mass is 545 g/mol. The molecule has 4 rings (SSSR count). The molecule has 0 aliphatic heterocycles. The molecule has 3 aromatic carbocycles. The number of rotatable bonds is 13. The number of nitrogens with zero attached hydrogens (tertiary/aromatic N) is 1. The number of hydrogen-bond acceptors (Lipinski definition) is 4. The van der Waals surface area contributed by atoms with Crippen molar-refractivity contribution in [3.05, 3.63) is 135 Å². The lowest BCUT2D eigenvalue weighted by Crippen LogP contribution is -2.20. The van der Waals surface area contributed by atoms with Crippen LogP contribution in [0.3, 0.4) is 0 Å². The number of aryl methyl sites for hydroxylation is 2. The van der Waals surface area contributed by atoms with Gasteiger partial charge in [-0.25, -0.2) is 8.78 Å². The Bertz CT molecular complexity index is 1400. The summed E-state index contributed by atoms with van der Waals surface area (Å²) in [5, 5.41) is 0. The first-order chi connectivity index (χ1) is 19.4. The molecule has 0 atom stereocenters.